The van der Waals surface area contributed by atoms with E-state index < -0.39 is 0 Å². The van der Waals surface area contributed by atoms with Crippen LogP contribution in [0.15, 0.2) is 33.3 Å². The van der Waals surface area contributed by atoms with Crippen molar-refractivity contribution >= 4 is 15.9 Å². The Bertz CT molecular complexity index is 564. The largest absolute Gasteiger partial charge is 0.339 e. The van der Waals surface area contributed by atoms with Gasteiger partial charge < -0.3 is 9.84 Å². The molecule has 1 aromatic heterocycles. The number of halogens is 1. The average Bonchev–Trinajstić information content (AvgIpc) is 2.95. The molecular weight excluding hydrogens is 318 g/mol. The Balaban J connectivity index is 1.61. The molecule has 0 bridgehead atoms. The Hall–Kier alpha value is -1.20. The van der Waals surface area contributed by atoms with Crippen LogP contribution in [0.25, 0.3) is 11.4 Å². The van der Waals surface area contributed by atoms with Gasteiger partial charge in [0.25, 0.3) is 0 Å². The molecule has 3 rings (SSSR count). The van der Waals surface area contributed by atoms with Crippen LogP contribution in [0.3, 0.4) is 0 Å². The third-order valence-electron chi connectivity index (χ3n) is 3.72. The zero-order chi connectivity index (χ0) is 13.8. The van der Waals surface area contributed by atoms with E-state index in [9.17, 15) is 0 Å². The predicted octanol–water partition coefficient (Wildman–Crippen LogP) is 3.43. The minimum atomic E-state index is 0.670. The maximum Gasteiger partial charge on any atom is 0.226 e. The Morgan fingerprint density at radius 1 is 1.40 bits per heavy atom. The zero-order valence-corrected chi connectivity index (χ0v) is 12.9. The number of aryl methyl sites for hydroxylation is 1. The van der Waals surface area contributed by atoms with Crippen molar-refractivity contribution in [2.24, 2.45) is 5.92 Å². The van der Waals surface area contributed by atoms with Crippen molar-refractivity contribution in [2.75, 3.05) is 13.1 Å². The number of benzene rings is 1. The third kappa shape index (κ3) is 3.46. The number of nitrogens with one attached hydrogen (secondary N) is 1. The van der Waals surface area contributed by atoms with E-state index in [1.54, 1.807) is 0 Å². The number of hydrogen-bond donors (Lipinski definition) is 1. The summed E-state index contributed by atoms with van der Waals surface area (Å²) in [5.41, 5.74) is 0.980. The normalized spacial score (nSPS) is 19.1. The second-order valence-corrected chi connectivity index (χ2v) is 6.19. The van der Waals surface area contributed by atoms with Crippen LogP contribution in [0.4, 0.5) is 0 Å². The molecule has 0 amide bonds. The summed E-state index contributed by atoms with van der Waals surface area (Å²) < 4.78 is 6.38. The fraction of sp³-hybridized carbons (Fsp3) is 0.467. The Kier molecular flexibility index (Phi) is 4.47. The van der Waals surface area contributed by atoms with Gasteiger partial charge in [-0.2, -0.15) is 4.98 Å². The van der Waals surface area contributed by atoms with E-state index in [2.05, 4.69) is 31.4 Å². The first kappa shape index (κ1) is 13.8. The molecule has 0 aliphatic carbocycles. The molecule has 4 nitrogen and oxygen atoms in total. The monoisotopic (exact) mass is 335 g/mol. The highest BCUT2D eigenvalue weighted by Gasteiger charge is 2.15. The lowest BCUT2D eigenvalue weighted by molar-refractivity contribution is 0.327. The molecular formula is C15H18BrN3O. The van der Waals surface area contributed by atoms with Gasteiger partial charge in [-0.1, -0.05) is 33.2 Å². The molecule has 1 N–H and O–H groups in total. The molecule has 2 heterocycles. The molecule has 1 aliphatic rings. The molecule has 0 saturated carbocycles. The Labute approximate surface area is 127 Å². The van der Waals surface area contributed by atoms with E-state index in [4.69, 9.17) is 4.52 Å². The van der Waals surface area contributed by atoms with E-state index in [0.717, 1.165) is 47.8 Å². The van der Waals surface area contributed by atoms with Crippen molar-refractivity contribution < 1.29 is 4.52 Å². The standard InChI is InChI=1S/C15H18BrN3O/c16-13-5-1-4-12(9-13)15-18-14(20-19-15)7-6-11-3-2-8-17-10-11/h1,4-5,9,11,17H,2-3,6-8,10H2. The van der Waals surface area contributed by atoms with Gasteiger partial charge in [-0.3, -0.25) is 0 Å². The second kappa shape index (κ2) is 6.50. The molecule has 1 unspecified atom stereocenters. The third-order valence-corrected chi connectivity index (χ3v) is 4.21. The first-order valence-corrected chi connectivity index (χ1v) is 7.90. The Morgan fingerprint density at radius 2 is 2.35 bits per heavy atom. The van der Waals surface area contributed by atoms with E-state index >= 15 is 0 Å². The first-order chi connectivity index (χ1) is 9.81. The van der Waals surface area contributed by atoms with Crippen LogP contribution in [-0.4, -0.2) is 23.2 Å². The molecule has 1 aromatic carbocycles. The summed E-state index contributed by atoms with van der Waals surface area (Å²) in [6.07, 6.45) is 4.57. The summed E-state index contributed by atoms with van der Waals surface area (Å²) in [7, 11) is 0. The fourth-order valence-electron chi connectivity index (χ4n) is 2.60. The predicted molar refractivity (Wildman–Crippen MR) is 81.3 cm³/mol. The first-order valence-electron chi connectivity index (χ1n) is 7.10. The van der Waals surface area contributed by atoms with Gasteiger partial charge in [-0.15, -0.1) is 0 Å². The molecule has 1 aliphatic heterocycles. The van der Waals surface area contributed by atoms with Gasteiger partial charge >= 0.3 is 0 Å². The van der Waals surface area contributed by atoms with Crippen molar-refractivity contribution in [3.8, 4) is 11.4 Å². The molecule has 5 heteroatoms. The van der Waals surface area contributed by atoms with Gasteiger partial charge in [0.1, 0.15) is 0 Å². The summed E-state index contributed by atoms with van der Waals surface area (Å²) in [5.74, 6) is 2.15. The van der Waals surface area contributed by atoms with Gasteiger partial charge in [0.05, 0.1) is 0 Å². The van der Waals surface area contributed by atoms with Gasteiger partial charge in [0.2, 0.25) is 11.7 Å². The summed E-state index contributed by atoms with van der Waals surface area (Å²) in [6.45, 7) is 2.27. The molecule has 1 saturated heterocycles. The van der Waals surface area contributed by atoms with Crippen LogP contribution in [0, 0.1) is 5.92 Å². The van der Waals surface area contributed by atoms with Crippen LogP contribution in [-0.2, 0) is 6.42 Å². The van der Waals surface area contributed by atoms with Crippen molar-refractivity contribution in [1.29, 1.82) is 0 Å². The van der Waals surface area contributed by atoms with Gasteiger partial charge in [-0.05, 0) is 50.4 Å². The van der Waals surface area contributed by atoms with Crippen molar-refractivity contribution in [3.05, 3.63) is 34.6 Å². The highest BCUT2D eigenvalue weighted by molar-refractivity contribution is 9.10. The zero-order valence-electron chi connectivity index (χ0n) is 11.3. The van der Waals surface area contributed by atoms with Crippen LogP contribution >= 0.6 is 15.9 Å². The smallest absolute Gasteiger partial charge is 0.226 e. The van der Waals surface area contributed by atoms with E-state index in [-0.39, 0.29) is 0 Å². The van der Waals surface area contributed by atoms with Crippen LogP contribution in [0.5, 0.6) is 0 Å². The quantitative estimate of drug-likeness (QED) is 0.929. The lowest BCUT2D eigenvalue weighted by Crippen LogP contribution is -2.29. The number of piperidine rings is 1. The SMILES string of the molecule is Brc1cccc(-c2noc(CCC3CCCNC3)n2)c1. The summed E-state index contributed by atoms with van der Waals surface area (Å²) in [6, 6.07) is 7.95. The number of nitrogens with zero attached hydrogens (tertiary/aromatic N) is 2. The molecule has 2 aromatic rings. The van der Waals surface area contributed by atoms with Crippen molar-refractivity contribution in [1.82, 2.24) is 15.5 Å². The van der Waals surface area contributed by atoms with E-state index in [0.29, 0.717) is 5.82 Å². The molecule has 106 valence electrons. The summed E-state index contributed by atoms with van der Waals surface area (Å²) in [4.78, 5) is 4.49. The molecule has 1 atom stereocenters. The topological polar surface area (TPSA) is 51.0 Å². The fourth-order valence-corrected chi connectivity index (χ4v) is 3.00. The second-order valence-electron chi connectivity index (χ2n) is 5.27. The molecule has 20 heavy (non-hydrogen) atoms. The lowest BCUT2D eigenvalue weighted by atomic mass is 9.95. The van der Waals surface area contributed by atoms with Crippen molar-refractivity contribution in [2.45, 2.75) is 25.7 Å². The summed E-state index contributed by atoms with van der Waals surface area (Å²) >= 11 is 3.46. The van der Waals surface area contributed by atoms with Crippen LogP contribution in [0.1, 0.15) is 25.2 Å². The lowest BCUT2D eigenvalue weighted by Gasteiger charge is -2.21. The number of rotatable bonds is 4. The van der Waals surface area contributed by atoms with E-state index in [1.807, 2.05) is 24.3 Å². The minimum Gasteiger partial charge on any atom is -0.339 e. The average molecular weight is 336 g/mol. The van der Waals surface area contributed by atoms with Crippen molar-refractivity contribution in [3.63, 3.8) is 0 Å². The minimum absolute atomic E-state index is 0.670. The van der Waals surface area contributed by atoms with Gasteiger partial charge in [0.15, 0.2) is 0 Å². The number of aromatic nitrogens is 2. The molecule has 0 spiro atoms. The van der Waals surface area contributed by atoms with Gasteiger partial charge in [0, 0.05) is 16.5 Å². The Morgan fingerprint density at radius 3 is 3.15 bits per heavy atom. The van der Waals surface area contributed by atoms with Crippen LogP contribution < -0.4 is 5.32 Å². The number of hydrogen-bond acceptors (Lipinski definition) is 4. The molecule has 1 fully saturated rings. The molecule has 0 radical (unpaired) electrons. The highest BCUT2D eigenvalue weighted by Crippen LogP contribution is 2.21. The summed E-state index contributed by atoms with van der Waals surface area (Å²) in [5, 5.41) is 7.51. The maximum atomic E-state index is 5.35. The maximum absolute atomic E-state index is 5.35. The highest BCUT2D eigenvalue weighted by atomic mass is 79.9. The van der Waals surface area contributed by atoms with Crippen LogP contribution in [0.2, 0.25) is 0 Å². The van der Waals surface area contributed by atoms with E-state index in [1.165, 1.54) is 12.8 Å². The van der Waals surface area contributed by atoms with Gasteiger partial charge in [-0.25, -0.2) is 0 Å².